The van der Waals surface area contributed by atoms with Gasteiger partial charge in [-0.25, -0.2) is 0 Å². The number of hydrogen-bond acceptors (Lipinski definition) is 4. The highest BCUT2D eigenvalue weighted by Gasteiger charge is 2.29. The Morgan fingerprint density at radius 2 is 0.932 bits per heavy atom. The van der Waals surface area contributed by atoms with Crippen LogP contribution in [0.5, 0.6) is 0 Å². The van der Waals surface area contributed by atoms with E-state index in [0.29, 0.717) is 11.1 Å². The Kier molecular flexibility index (Phi) is 4.85. The molecule has 8 aromatic rings. The average molecular weight is 559 g/mol. The first-order valence-corrected chi connectivity index (χ1v) is 14.6. The van der Waals surface area contributed by atoms with Crippen molar-refractivity contribution in [3.63, 3.8) is 0 Å². The van der Waals surface area contributed by atoms with Gasteiger partial charge in [-0.3, -0.25) is 9.97 Å². The maximum Gasteiger partial charge on any atom is 0.101 e. The van der Waals surface area contributed by atoms with Crippen molar-refractivity contribution < 1.29 is 0 Å². The monoisotopic (exact) mass is 558 g/mol. The van der Waals surface area contributed by atoms with Crippen LogP contribution in [-0.2, 0) is 0 Å². The molecule has 202 valence electrons. The third kappa shape index (κ3) is 3.20. The summed E-state index contributed by atoms with van der Waals surface area (Å²) in [7, 11) is 0. The zero-order valence-corrected chi connectivity index (χ0v) is 24.0. The molecule has 0 aliphatic heterocycles. The second-order valence-electron chi connectivity index (χ2n) is 11.8. The molecule has 0 bridgehead atoms. The minimum absolute atomic E-state index is 0.542. The first-order chi connectivity index (χ1) is 21.5. The number of nitrogens with zero attached hydrogens (tertiary/aromatic N) is 4. The largest absolute Gasteiger partial charge is 0.255 e. The zero-order valence-electron chi connectivity index (χ0n) is 24.0. The number of benzene rings is 6. The second-order valence-corrected chi connectivity index (χ2v) is 11.8. The summed E-state index contributed by atoms with van der Waals surface area (Å²) in [6.45, 7) is 4.36. The third-order valence-corrected chi connectivity index (χ3v) is 9.16. The van der Waals surface area contributed by atoms with Crippen molar-refractivity contribution in [2.75, 3.05) is 0 Å². The number of rotatable bonds is 2. The van der Waals surface area contributed by atoms with E-state index in [1.165, 1.54) is 65.7 Å². The molecule has 44 heavy (non-hydrogen) atoms. The lowest BCUT2D eigenvalue weighted by Crippen LogP contribution is -1.94. The lowest BCUT2D eigenvalue weighted by molar-refractivity contribution is 1.30. The predicted molar refractivity (Wildman–Crippen MR) is 177 cm³/mol. The van der Waals surface area contributed by atoms with Crippen LogP contribution >= 0.6 is 0 Å². The van der Waals surface area contributed by atoms with Crippen molar-refractivity contribution in [2.24, 2.45) is 0 Å². The van der Waals surface area contributed by atoms with Crippen molar-refractivity contribution >= 4 is 43.1 Å². The van der Waals surface area contributed by atoms with Gasteiger partial charge in [-0.15, -0.1) is 0 Å². The van der Waals surface area contributed by atoms with Gasteiger partial charge in [-0.05, 0) is 115 Å². The van der Waals surface area contributed by atoms with Crippen LogP contribution < -0.4 is 0 Å². The Bertz CT molecular complexity index is 2440. The van der Waals surface area contributed by atoms with E-state index in [9.17, 15) is 10.5 Å². The van der Waals surface area contributed by atoms with E-state index in [4.69, 9.17) is 0 Å². The molecule has 0 amide bonds. The normalized spacial score (nSPS) is 11.8. The van der Waals surface area contributed by atoms with E-state index in [0.717, 1.165) is 33.3 Å². The van der Waals surface area contributed by atoms with Crippen LogP contribution in [0.2, 0.25) is 0 Å². The number of nitriles is 2. The van der Waals surface area contributed by atoms with Gasteiger partial charge in [0.25, 0.3) is 0 Å². The van der Waals surface area contributed by atoms with Crippen molar-refractivity contribution in [1.82, 2.24) is 9.97 Å². The lowest BCUT2D eigenvalue weighted by Gasteiger charge is -2.20. The maximum absolute atomic E-state index is 9.36. The highest BCUT2D eigenvalue weighted by Crippen LogP contribution is 2.56. The van der Waals surface area contributed by atoms with E-state index in [2.05, 4.69) is 96.6 Å². The van der Waals surface area contributed by atoms with E-state index in [1.54, 1.807) is 12.4 Å². The Balaban J connectivity index is 1.47. The van der Waals surface area contributed by atoms with E-state index in [1.807, 2.05) is 24.3 Å². The molecule has 4 heteroatoms. The number of pyridine rings is 2. The van der Waals surface area contributed by atoms with Crippen molar-refractivity contribution in [2.45, 2.75) is 13.8 Å². The standard InChI is InChI=1S/C40H22N4/c1-21-13-25-14-22(2)16-33-36(25)32(15-21)39-30-9-5-26(34-11-3-23(17-41)19-43-34)28-7-8-29-27(35-12-4-24(18-42)20-44-35)6-10-31(40(33)39)38(29)37(28)30/h3-16,19-20H,1-2H3. The topological polar surface area (TPSA) is 73.4 Å². The van der Waals surface area contributed by atoms with Crippen LogP contribution in [0.3, 0.4) is 0 Å². The number of aromatic nitrogens is 2. The molecule has 9 rings (SSSR count). The summed E-state index contributed by atoms with van der Waals surface area (Å²) in [6, 6.07) is 34.5. The highest BCUT2D eigenvalue weighted by atomic mass is 14.7. The third-order valence-electron chi connectivity index (χ3n) is 9.16. The first kappa shape index (κ1) is 24.5. The first-order valence-electron chi connectivity index (χ1n) is 14.6. The van der Waals surface area contributed by atoms with E-state index < -0.39 is 0 Å². The van der Waals surface area contributed by atoms with Gasteiger partial charge in [-0.1, -0.05) is 60.7 Å². The smallest absolute Gasteiger partial charge is 0.101 e. The summed E-state index contributed by atoms with van der Waals surface area (Å²) in [4.78, 5) is 9.36. The van der Waals surface area contributed by atoms with E-state index in [-0.39, 0.29) is 0 Å². The maximum atomic E-state index is 9.36. The molecular weight excluding hydrogens is 536 g/mol. The number of aryl methyl sites for hydroxylation is 2. The lowest BCUT2D eigenvalue weighted by atomic mass is 9.83. The van der Waals surface area contributed by atoms with Crippen molar-refractivity contribution in [1.29, 1.82) is 10.5 Å². The fraction of sp³-hybridized carbons (Fsp3) is 0.0500. The molecule has 0 fully saturated rings. The molecule has 4 nitrogen and oxygen atoms in total. The Hall–Kier alpha value is -6.10. The Labute approximate surface area is 253 Å². The minimum Gasteiger partial charge on any atom is -0.255 e. The van der Waals surface area contributed by atoms with Crippen molar-refractivity contribution in [3.8, 4) is 56.9 Å². The molecule has 0 radical (unpaired) electrons. The number of fused-ring (bicyclic) bond motifs is 5. The molecule has 1 aliphatic carbocycles. The summed E-state index contributed by atoms with van der Waals surface area (Å²) in [5.74, 6) is 0. The van der Waals surface area contributed by atoms with Gasteiger partial charge in [0.2, 0.25) is 0 Å². The van der Waals surface area contributed by atoms with Gasteiger partial charge in [0.15, 0.2) is 0 Å². The minimum atomic E-state index is 0.542. The molecule has 2 aromatic heterocycles. The summed E-state index contributed by atoms with van der Waals surface area (Å²) in [5.41, 5.74) is 12.5. The fourth-order valence-corrected chi connectivity index (χ4v) is 7.43. The van der Waals surface area contributed by atoms with Crippen LogP contribution in [0.25, 0.3) is 87.9 Å². The molecule has 0 N–H and O–H groups in total. The molecule has 2 heterocycles. The van der Waals surface area contributed by atoms with Gasteiger partial charge < -0.3 is 0 Å². The molecular formula is C40H22N4. The average Bonchev–Trinajstić information content (AvgIpc) is 3.38. The SMILES string of the molecule is Cc1cc2c3c(cc(C)cc3c1)-c1c-2c2ccc(-c3ccc(C#N)cn3)c3ccc4c(-c5ccc(C#N)cn5)ccc1c4c32. The van der Waals surface area contributed by atoms with Crippen LogP contribution in [0.15, 0.2) is 97.3 Å². The van der Waals surface area contributed by atoms with Gasteiger partial charge in [0.05, 0.1) is 22.5 Å². The van der Waals surface area contributed by atoms with Crippen molar-refractivity contribution in [3.05, 3.63) is 120 Å². The fourth-order valence-electron chi connectivity index (χ4n) is 7.43. The van der Waals surface area contributed by atoms with Crippen LogP contribution in [-0.4, -0.2) is 9.97 Å². The summed E-state index contributed by atoms with van der Waals surface area (Å²) in [6.07, 6.45) is 3.28. The number of hydrogen-bond donors (Lipinski definition) is 0. The van der Waals surface area contributed by atoms with Crippen LogP contribution in [0.4, 0.5) is 0 Å². The second kappa shape index (κ2) is 8.71. The molecule has 0 saturated carbocycles. The molecule has 0 saturated heterocycles. The summed E-state index contributed by atoms with van der Waals surface area (Å²) < 4.78 is 0. The van der Waals surface area contributed by atoms with Gasteiger partial charge in [0.1, 0.15) is 12.1 Å². The molecule has 0 unspecified atom stereocenters. The van der Waals surface area contributed by atoms with Gasteiger partial charge in [-0.2, -0.15) is 10.5 Å². The predicted octanol–water partition coefficient (Wildman–Crippen LogP) is 9.87. The molecule has 0 spiro atoms. The zero-order chi connectivity index (χ0) is 29.7. The molecule has 1 aliphatic rings. The molecule has 0 atom stereocenters. The summed E-state index contributed by atoms with van der Waals surface area (Å²) >= 11 is 0. The van der Waals surface area contributed by atoms with E-state index >= 15 is 0 Å². The van der Waals surface area contributed by atoms with Crippen LogP contribution in [0, 0.1) is 36.5 Å². The quantitative estimate of drug-likeness (QED) is 0.198. The molecule has 6 aromatic carbocycles. The highest BCUT2D eigenvalue weighted by molar-refractivity contribution is 6.37. The van der Waals surface area contributed by atoms with Gasteiger partial charge in [0, 0.05) is 23.5 Å². The Morgan fingerprint density at radius 1 is 0.477 bits per heavy atom. The van der Waals surface area contributed by atoms with Crippen LogP contribution in [0.1, 0.15) is 22.3 Å². The van der Waals surface area contributed by atoms with Gasteiger partial charge >= 0.3 is 0 Å². The Morgan fingerprint density at radius 3 is 1.34 bits per heavy atom. The summed E-state index contributed by atoms with van der Waals surface area (Å²) in [5, 5.41) is 28.4.